The first-order chi connectivity index (χ1) is 7.97. The zero-order valence-electron chi connectivity index (χ0n) is 9.54. The Morgan fingerprint density at radius 1 is 1.29 bits per heavy atom. The highest BCUT2D eigenvalue weighted by molar-refractivity contribution is 8.00. The molecule has 0 spiro atoms. The topological polar surface area (TPSA) is 21.3 Å². The lowest BCUT2D eigenvalue weighted by Gasteiger charge is -2.21. The van der Waals surface area contributed by atoms with Gasteiger partial charge in [0.1, 0.15) is 5.75 Å². The van der Waals surface area contributed by atoms with E-state index in [1.165, 1.54) is 7.11 Å². The van der Waals surface area contributed by atoms with Gasteiger partial charge in [-0.25, -0.2) is 0 Å². The molecule has 17 heavy (non-hydrogen) atoms. The van der Waals surface area contributed by atoms with Gasteiger partial charge in [0, 0.05) is 5.69 Å². The summed E-state index contributed by atoms with van der Waals surface area (Å²) in [5.41, 5.74) is 0.425. The van der Waals surface area contributed by atoms with E-state index >= 15 is 0 Å². The van der Waals surface area contributed by atoms with E-state index < -0.39 is 11.6 Å². The molecule has 0 saturated heterocycles. The Bertz CT molecular complexity index is 340. The number of hydrogen-bond donors (Lipinski definition) is 1. The second-order valence-electron chi connectivity index (χ2n) is 3.25. The molecule has 0 amide bonds. The van der Waals surface area contributed by atoms with Crippen LogP contribution in [0.2, 0.25) is 0 Å². The molecule has 0 aliphatic carbocycles. The van der Waals surface area contributed by atoms with E-state index in [0.29, 0.717) is 17.2 Å². The number of rotatable bonds is 5. The molecule has 0 bridgehead atoms. The number of alkyl halides is 3. The van der Waals surface area contributed by atoms with Crippen molar-refractivity contribution in [2.45, 2.75) is 18.5 Å². The van der Waals surface area contributed by atoms with E-state index in [0.717, 1.165) is 11.8 Å². The lowest BCUT2D eigenvalue weighted by Crippen LogP contribution is -2.33. The van der Waals surface area contributed by atoms with Crippen LogP contribution < -0.4 is 10.1 Å². The predicted molar refractivity (Wildman–Crippen MR) is 64.6 cm³/mol. The molecule has 0 radical (unpaired) electrons. The maximum absolute atomic E-state index is 12.6. The van der Waals surface area contributed by atoms with Gasteiger partial charge in [0.05, 0.1) is 7.11 Å². The van der Waals surface area contributed by atoms with Gasteiger partial charge >= 0.3 is 6.18 Å². The van der Waals surface area contributed by atoms with Crippen LogP contribution >= 0.6 is 11.8 Å². The van der Waals surface area contributed by atoms with Crippen molar-refractivity contribution >= 4 is 17.4 Å². The van der Waals surface area contributed by atoms with Gasteiger partial charge < -0.3 is 10.1 Å². The average Bonchev–Trinajstić information content (AvgIpc) is 2.28. The fourth-order valence-corrected chi connectivity index (χ4v) is 1.97. The van der Waals surface area contributed by atoms with Crippen LogP contribution in [0.4, 0.5) is 18.9 Å². The monoisotopic (exact) mass is 265 g/mol. The van der Waals surface area contributed by atoms with Gasteiger partial charge in [-0.15, -0.1) is 11.8 Å². The molecule has 1 aromatic rings. The van der Waals surface area contributed by atoms with Gasteiger partial charge in [-0.05, 0) is 30.0 Å². The summed E-state index contributed by atoms with van der Waals surface area (Å²) in [5, 5.41) is 0.871. The van der Waals surface area contributed by atoms with Crippen molar-refractivity contribution < 1.29 is 17.9 Å². The highest BCUT2D eigenvalue weighted by atomic mass is 32.2. The summed E-state index contributed by atoms with van der Waals surface area (Å²) < 4.78 is 42.8. The fourth-order valence-electron chi connectivity index (χ4n) is 1.22. The number of ether oxygens (including phenoxy) is 1. The summed E-state index contributed by atoms with van der Waals surface area (Å²) in [5.74, 6) is 1.01. The summed E-state index contributed by atoms with van der Waals surface area (Å²) >= 11 is 0.821. The Morgan fingerprint density at radius 3 is 2.29 bits per heavy atom. The van der Waals surface area contributed by atoms with Crippen LogP contribution in [0.1, 0.15) is 6.92 Å². The Labute approximate surface area is 103 Å². The molecule has 0 aliphatic rings. The Morgan fingerprint density at radius 2 is 1.88 bits per heavy atom. The number of benzene rings is 1. The van der Waals surface area contributed by atoms with Crippen molar-refractivity contribution in [1.82, 2.24) is 0 Å². The summed E-state index contributed by atoms with van der Waals surface area (Å²) in [4.78, 5) is 0. The normalized spacial score (nSPS) is 13.2. The number of nitrogens with one attached hydrogen (secondary N) is 1. The maximum Gasteiger partial charge on any atom is 0.418 e. The number of anilines is 1. The van der Waals surface area contributed by atoms with Gasteiger partial charge in [0.2, 0.25) is 0 Å². The van der Waals surface area contributed by atoms with E-state index in [-0.39, 0.29) is 0 Å². The summed E-state index contributed by atoms with van der Waals surface area (Å²) in [6, 6.07) is 6.36. The molecule has 96 valence electrons. The highest BCUT2D eigenvalue weighted by Gasteiger charge is 2.39. The third kappa shape index (κ3) is 4.38. The predicted octanol–water partition coefficient (Wildman–Crippen LogP) is 3.75. The van der Waals surface area contributed by atoms with Crippen molar-refractivity contribution in [1.29, 1.82) is 0 Å². The van der Waals surface area contributed by atoms with Crippen LogP contribution in [-0.4, -0.2) is 24.4 Å². The number of hydrogen-bond acceptors (Lipinski definition) is 3. The minimum Gasteiger partial charge on any atom is -0.497 e. The van der Waals surface area contributed by atoms with E-state index in [9.17, 15) is 13.2 Å². The lowest BCUT2D eigenvalue weighted by molar-refractivity contribution is -0.123. The Hall–Kier alpha value is -1.04. The molecule has 2 nitrogen and oxygen atoms in total. The molecule has 0 aliphatic heterocycles. The minimum atomic E-state index is -4.26. The summed E-state index contributed by atoms with van der Waals surface area (Å²) in [6.45, 7) is 1.69. The van der Waals surface area contributed by atoms with Crippen molar-refractivity contribution in [3.63, 3.8) is 0 Å². The molecule has 0 aromatic heterocycles. The van der Waals surface area contributed by atoms with Crippen LogP contribution in [0.3, 0.4) is 0 Å². The van der Waals surface area contributed by atoms with Crippen LogP contribution in [0.15, 0.2) is 24.3 Å². The molecule has 1 aromatic carbocycles. The van der Waals surface area contributed by atoms with Gasteiger partial charge in [-0.1, -0.05) is 6.92 Å². The largest absolute Gasteiger partial charge is 0.497 e. The van der Waals surface area contributed by atoms with Gasteiger partial charge in [-0.3, -0.25) is 0 Å². The van der Waals surface area contributed by atoms with Crippen molar-refractivity contribution in [3.8, 4) is 5.75 Å². The number of thioether (sulfide) groups is 1. The second kappa shape index (κ2) is 6.05. The molecule has 0 saturated carbocycles. The molecule has 1 atom stereocenters. The Kier molecular flexibility index (Phi) is 4.99. The molecule has 0 fully saturated rings. The number of halogens is 3. The molecular weight excluding hydrogens is 251 g/mol. The van der Waals surface area contributed by atoms with Gasteiger partial charge in [0.25, 0.3) is 0 Å². The lowest BCUT2D eigenvalue weighted by atomic mass is 10.3. The van der Waals surface area contributed by atoms with E-state index in [1.807, 2.05) is 0 Å². The molecule has 0 unspecified atom stereocenters. The van der Waals surface area contributed by atoms with Crippen LogP contribution in [0.25, 0.3) is 0 Å². The standard InChI is InChI=1S/C11H14F3NOS/c1-3-17-10(11(12,13)14)15-8-4-6-9(16-2)7-5-8/h4-7,10,15H,3H2,1-2H3/t10-/m1/s1. The molecule has 0 heterocycles. The third-order valence-corrected chi connectivity index (χ3v) is 3.07. The van der Waals surface area contributed by atoms with Crippen molar-refractivity contribution in [3.05, 3.63) is 24.3 Å². The second-order valence-corrected chi connectivity index (χ2v) is 4.63. The van der Waals surface area contributed by atoms with Gasteiger partial charge in [0.15, 0.2) is 5.37 Å². The first kappa shape index (κ1) is 14.0. The number of methoxy groups -OCH3 is 1. The average molecular weight is 265 g/mol. The molecule has 6 heteroatoms. The van der Waals surface area contributed by atoms with Crippen LogP contribution in [-0.2, 0) is 0 Å². The van der Waals surface area contributed by atoms with Crippen molar-refractivity contribution in [2.24, 2.45) is 0 Å². The highest BCUT2D eigenvalue weighted by Crippen LogP contribution is 2.31. The van der Waals surface area contributed by atoms with E-state index in [2.05, 4.69) is 5.32 Å². The van der Waals surface area contributed by atoms with Crippen LogP contribution in [0.5, 0.6) is 5.75 Å². The summed E-state index contributed by atoms with van der Waals surface area (Å²) in [6.07, 6.45) is -4.26. The van der Waals surface area contributed by atoms with Crippen molar-refractivity contribution in [2.75, 3.05) is 18.2 Å². The third-order valence-electron chi connectivity index (χ3n) is 2.02. The fraction of sp³-hybridized carbons (Fsp3) is 0.455. The molecular formula is C11H14F3NOS. The molecule has 1 N–H and O–H groups in total. The zero-order valence-corrected chi connectivity index (χ0v) is 10.4. The first-order valence-electron chi connectivity index (χ1n) is 5.06. The zero-order chi connectivity index (χ0) is 12.9. The Balaban J connectivity index is 2.72. The summed E-state index contributed by atoms with van der Waals surface area (Å²) in [7, 11) is 1.51. The maximum atomic E-state index is 12.6. The smallest absolute Gasteiger partial charge is 0.418 e. The SMILES string of the molecule is CCS[C@@H](Nc1ccc(OC)cc1)C(F)(F)F. The van der Waals surface area contributed by atoms with E-state index in [1.54, 1.807) is 31.2 Å². The van der Waals surface area contributed by atoms with E-state index in [4.69, 9.17) is 4.74 Å². The van der Waals surface area contributed by atoms with Gasteiger partial charge in [-0.2, -0.15) is 13.2 Å². The molecule has 1 rings (SSSR count). The minimum absolute atomic E-state index is 0.396. The quantitative estimate of drug-likeness (QED) is 0.819. The van der Waals surface area contributed by atoms with Crippen LogP contribution in [0, 0.1) is 0 Å². The first-order valence-corrected chi connectivity index (χ1v) is 6.11.